The summed E-state index contributed by atoms with van der Waals surface area (Å²) in [5.74, 6) is 0. The Morgan fingerprint density at radius 3 is 2.77 bits per heavy atom. The molecule has 4 heteroatoms. The van der Waals surface area contributed by atoms with Gasteiger partial charge in [-0.3, -0.25) is 4.90 Å². The van der Waals surface area contributed by atoms with Crippen LogP contribution in [-0.2, 0) is 6.42 Å². The fourth-order valence-corrected chi connectivity index (χ4v) is 2.83. The maximum atomic E-state index is 12.4. The predicted molar refractivity (Wildman–Crippen MR) is 91.1 cm³/mol. The van der Waals surface area contributed by atoms with Crippen LogP contribution < -0.4 is 10.2 Å². The van der Waals surface area contributed by atoms with E-state index < -0.39 is 0 Å². The van der Waals surface area contributed by atoms with Gasteiger partial charge in [0.2, 0.25) is 0 Å². The third-order valence-corrected chi connectivity index (χ3v) is 4.07. The first-order chi connectivity index (χ1) is 10.8. The van der Waals surface area contributed by atoms with Crippen molar-refractivity contribution in [2.24, 2.45) is 0 Å². The molecule has 0 radical (unpaired) electrons. The van der Waals surface area contributed by atoms with Gasteiger partial charge in [0.1, 0.15) is 0 Å². The van der Waals surface area contributed by atoms with Crippen molar-refractivity contribution in [3.8, 4) is 0 Å². The van der Waals surface area contributed by atoms with Gasteiger partial charge in [0, 0.05) is 23.5 Å². The van der Waals surface area contributed by atoms with E-state index in [4.69, 9.17) is 11.6 Å². The van der Waals surface area contributed by atoms with E-state index in [0.717, 1.165) is 30.6 Å². The van der Waals surface area contributed by atoms with Gasteiger partial charge in [-0.15, -0.1) is 0 Å². The first-order valence-electron chi connectivity index (χ1n) is 7.33. The van der Waals surface area contributed by atoms with Crippen LogP contribution in [0.1, 0.15) is 17.5 Å². The van der Waals surface area contributed by atoms with Crippen molar-refractivity contribution in [2.75, 3.05) is 11.4 Å². The van der Waals surface area contributed by atoms with Crippen LogP contribution in [0.4, 0.5) is 10.5 Å². The van der Waals surface area contributed by atoms with Crippen molar-refractivity contribution in [1.29, 1.82) is 0 Å². The Hall–Kier alpha value is -2.26. The van der Waals surface area contributed by atoms with Gasteiger partial charge in [-0.25, -0.2) is 4.79 Å². The minimum atomic E-state index is -0.115. The topological polar surface area (TPSA) is 32.3 Å². The Labute approximate surface area is 135 Å². The Morgan fingerprint density at radius 2 is 1.91 bits per heavy atom. The summed E-state index contributed by atoms with van der Waals surface area (Å²) in [7, 11) is 0. The molecular weight excluding hydrogens is 296 g/mol. The van der Waals surface area contributed by atoms with Crippen molar-refractivity contribution < 1.29 is 4.79 Å². The van der Waals surface area contributed by atoms with E-state index in [2.05, 4.69) is 11.4 Å². The summed E-state index contributed by atoms with van der Waals surface area (Å²) >= 11 is 6.08. The molecule has 1 N–H and O–H groups in total. The summed E-state index contributed by atoms with van der Waals surface area (Å²) in [6.45, 7) is 0.739. The van der Waals surface area contributed by atoms with Gasteiger partial charge >= 0.3 is 6.03 Å². The van der Waals surface area contributed by atoms with Crippen molar-refractivity contribution in [3.63, 3.8) is 0 Å². The minimum absolute atomic E-state index is 0.115. The zero-order valence-electron chi connectivity index (χ0n) is 12.1. The van der Waals surface area contributed by atoms with Crippen LogP contribution in [-0.4, -0.2) is 12.6 Å². The zero-order valence-corrected chi connectivity index (χ0v) is 12.9. The molecule has 0 saturated heterocycles. The summed E-state index contributed by atoms with van der Waals surface area (Å²) < 4.78 is 0. The molecule has 2 aromatic rings. The number of amides is 2. The predicted octanol–water partition coefficient (Wildman–Crippen LogP) is 4.47. The molecule has 1 aliphatic rings. The normalized spacial score (nSPS) is 14.0. The molecule has 0 saturated carbocycles. The van der Waals surface area contributed by atoms with E-state index in [1.165, 1.54) is 5.56 Å². The second-order valence-corrected chi connectivity index (χ2v) is 5.60. The molecule has 0 aromatic heterocycles. The van der Waals surface area contributed by atoms with E-state index in [-0.39, 0.29) is 6.03 Å². The maximum absolute atomic E-state index is 12.4. The Bertz CT molecular complexity index is 712. The number of carbonyl (C=O) groups is 1. The van der Waals surface area contributed by atoms with Gasteiger partial charge in [-0.05, 0) is 42.2 Å². The van der Waals surface area contributed by atoms with E-state index >= 15 is 0 Å². The molecule has 0 spiro atoms. The minimum Gasteiger partial charge on any atom is -0.314 e. The molecular formula is C18H17ClN2O. The third-order valence-electron chi connectivity index (χ3n) is 3.73. The largest absolute Gasteiger partial charge is 0.325 e. The summed E-state index contributed by atoms with van der Waals surface area (Å²) in [5.41, 5.74) is 3.10. The number of anilines is 1. The SMILES string of the molecule is O=C(N/C=C/c1ccccc1Cl)N1CCCc2ccccc21. The zero-order chi connectivity index (χ0) is 15.4. The fourth-order valence-electron chi connectivity index (χ4n) is 2.64. The first kappa shape index (κ1) is 14.7. The second-order valence-electron chi connectivity index (χ2n) is 5.19. The Morgan fingerprint density at radius 1 is 1.14 bits per heavy atom. The quantitative estimate of drug-likeness (QED) is 0.871. The Balaban J connectivity index is 1.70. The highest BCUT2D eigenvalue weighted by Crippen LogP contribution is 2.26. The molecule has 0 atom stereocenters. The number of rotatable bonds is 2. The van der Waals surface area contributed by atoms with Crippen molar-refractivity contribution in [2.45, 2.75) is 12.8 Å². The number of carbonyl (C=O) groups excluding carboxylic acids is 1. The van der Waals surface area contributed by atoms with Crippen molar-refractivity contribution >= 4 is 29.4 Å². The summed E-state index contributed by atoms with van der Waals surface area (Å²) in [6.07, 6.45) is 5.45. The number of hydrogen-bond acceptors (Lipinski definition) is 1. The summed E-state index contributed by atoms with van der Waals surface area (Å²) in [4.78, 5) is 14.2. The van der Waals surface area contributed by atoms with E-state index in [1.807, 2.05) is 42.5 Å². The van der Waals surface area contributed by atoms with Crippen LogP contribution in [0, 0.1) is 0 Å². The smallest absolute Gasteiger partial charge is 0.314 e. The highest BCUT2D eigenvalue weighted by Gasteiger charge is 2.21. The van der Waals surface area contributed by atoms with Gasteiger partial charge in [0.05, 0.1) is 0 Å². The third kappa shape index (κ3) is 3.15. The Kier molecular flexibility index (Phi) is 4.45. The molecule has 1 aliphatic heterocycles. The molecule has 2 amide bonds. The van der Waals surface area contributed by atoms with Crippen LogP contribution >= 0.6 is 11.6 Å². The number of fused-ring (bicyclic) bond motifs is 1. The van der Waals surface area contributed by atoms with Crippen LogP contribution in [0.5, 0.6) is 0 Å². The van der Waals surface area contributed by atoms with Gasteiger partial charge in [0.15, 0.2) is 0 Å². The molecule has 0 unspecified atom stereocenters. The molecule has 22 heavy (non-hydrogen) atoms. The lowest BCUT2D eigenvalue weighted by molar-refractivity contribution is 0.249. The number of nitrogens with one attached hydrogen (secondary N) is 1. The van der Waals surface area contributed by atoms with Crippen LogP contribution in [0.25, 0.3) is 6.08 Å². The lowest BCUT2D eigenvalue weighted by atomic mass is 10.0. The number of para-hydroxylation sites is 1. The molecule has 1 heterocycles. The highest BCUT2D eigenvalue weighted by atomic mass is 35.5. The molecule has 2 aromatic carbocycles. The van der Waals surface area contributed by atoms with E-state index in [1.54, 1.807) is 17.2 Å². The number of halogens is 1. The van der Waals surface area contributed by atoms with Gasteiger partial charge in [0.25, 0.3) is 0 Å². The molecule has 0 aliphatic carbocycles. The standard InChI is InChI=1S/C18H17ClN2O/c19-16-9-3-1-6-14(16)11-12-20-18(22)21-13-5-8-15-7-2-4-10-17(15)21/h1-4,6-7,9-12H,5,8,13H2,(H,20,22)/b12-11+. The lowest BCUT2D eigenvalue weighted by Crippen LogP contribution is -2.40. The molecule has 3 nitrogen and oxygen atoms in total. The number of nitrogens with zero attached hydrogens (tertiary/aromatic N) is 1. The average molecular weight is 313 g/mol. The second kappa shape index (κ2) is 6.67. The fraction of sp³-hybridized carbons (Fsp3) is 0.167. The molecule has 3 rings (SSSR count). The van der Waals surface area contributed by atoms with Crippen LogP contribution in [0.15, 0.2) is 54.7 Å². The number of hydrogen-bond donors (Lipinski definition) is 1. The number of urea groups is 1. The number of aryl methyl sites for hydroxylation is 1. The van der Waals surface area contributed by atoms with Crippen molar-refractivity contribution in [1.82, 2.24) is 5.32 Å². The maximum Gasteiger partial charge on any atom is 0.325 e. The first-order valence-corrected chi connectivity index (χ1v) is 7.70. The van der Waals surface area contributed by atoms with E-state index in [9.17, 15) is 4.79 Å². The number of benzene rings is 2. The van der Waals surface area contributed by atoms with Crippen LogP contribution in [0.3, 0.4) is 0 Å². The summed E-state index contributed by atoms with van der Waals surface area (Å²) in [6, 6.07) is 15.4. The summed E-state index contributed by atoms with van der Waals surface area (Å²) in [5, 5.41) is 3.48. The van der Waals surface area contributed by atoms with E-state index in [0.29, 0.717) is 5.02 Å². The molecule has 112 valence electrons. The van der Waals surface area contributed by atoms with Crippen LogP contribution in [0.2, 0.25) is 5.02 Å². The average Bonchev–Trinajstić information content (AvgIpc) is 2.56. The molecule has 0 bridgehead atoms. The lowest BCUT2D eigenvalue weighted by Gasteiger charge is -2.28. The van der Waals surface area contributed by atoms with Gasteiger partial charge < -0.3 is 5.32 Å². The van der Waals surface area contributed by atoms with Crippen molar-refractivity contribution in [3.05, 3.63) is 70.9 Å². The monoisotopic (exact) mass is 312 g/mol. The van der Waals surface area contributed by atoms with Gasteiger partial charge in [-0.1, -0.05) is 48.0 Å². The molecule has 0 fully saturated rings. The van der Waals surface area contributed by atoms with Gasteiger partial charge in [-0.2, -0.15) is 0 Å². The highest BCUT2D eigenvalue weighted by molar-refractivity contribution is 6.32.